The topological polar surface area (TPSA) is 62.7 Å². The van der Waals surface area contributed by atoms with Gasteiger partial charge in [-0.05, 0) is 41.7 Å². The van der Waals surface area contributed by atoms with Gasteiger partial charge < -0.3 is 14.7 Å². The summed E-state index contributed by atoms with van der Waals surface area (Å²) in [5.74, 6) is 0.807. The van der Waals surface area contributed by atoms with Gasteiger partial charge in [0.2, 0.25) is 5.91 Å². The van der Waals surface area contributed by atoms with Gasteiger partial charge in [0.1, 0.15) is 11.4 Å². The van der Waals surface area contributed by atoms with Crippen LogP contribution < -0.4 is 9.64 Å². The Bertz CT molecular complexity index is 1100. The van der Waals surface area contributed by atoms with Crippen LogP contribution in [-0.2, 0) is 23.2 Å². The summed E-state index contributed by atoms with van der Waals surface area (Å²) in [6, 6.07) is 15.3. The van der Waals surface area contributed by atoms with E-state index in [-0.39, 0.29) is 5.91 Å². The van der Waals surface area contributed by atoms with E-state index in [0.717, 1.165) is 28.8 Å². The van der Waals surface area contributed by atoms with Crippen LogP contribution in [0.4, 0.5) is 5.69 Å². The van der Waals surface area contributed by atoms with Gasteiger partial charge in [-0.3, -0.25) is 9.78 Å². The van der Waals surface area contributed by atoms with E-state index < -0.39 is 5.60 Å². The predicted molar refractivity (Wildman–Crippen MR) is 110 cm³/mol. The van der Waals surface area contributed by atoms with Crippen molar-refractivity contribution in [3.05, 3.63) is 88.7 Å². The normalized spacial score (nSPS) is 17.0. The smallest absolute Gasteiger partial charge is 0.227 e. The number of ether oxygens (including phenoxy) is 1. The quantitative estimate of drug-likeness (QED) is 0.748. The van der Waals surface area contributed by atoms with Crippen LogP contribution in [0.5, 0.6) is 5.75 Å². The summed E-state index contributed by atoms with van der Waals surface area (Å²) in [5.41, 5.74) is 3.98. The fourth-order valence-corrected chi connectivity index (χ4v) is 4.66. The molecule has 2 aliphatic heterocycles. The van der Waals surface area contributed by atoms with Gasteiger partial charge in [0, 0.05) is 36.5 Å². The molecule has 3 heterocycles. The van der Waals surface area contributed by atoms with E-state index in [1.807, 2.05) is 53.4 Å². The van der Waals surface area contributed by atoms with Crippen molar-refractivity contribution < 1.29 is 14.6 Å². The SMILES string of the molecule is COc1ccccc1C(O)(c1cccnc1)c1cc2c3c(c1)CCN3C(=O)CC2. The molecule has 0 radical (unpaired) electrons. The summed E-state index contributed by atoms with van der Waals surface area (Å²) in [4.78, 5) is 18.4. The van der Waals surface area contributed by atoms with Crippen molar-refractivity contribution in [2.75, 3.05) is 18.6 Å². The van der Waals surface area contributed by atoms with Crippen molar-refractivity contribution in [2.45, 2.75) is 24.9 Å². The van der Waals surface area contributed by atoms with Crippen molar-refractivity contribution in [3.63, 3.8) is 0 Å². The van der Waals surface area contributed by atoms with E-state index in [1.54, 1.807) is 19.5 Å². The second-order valence-corrected chi connectivity index (χ2v) is 7.59. The number of methoxy groups -OCH3 is 1. The van der Waals surface area contributed by atoms with Crippen molar-refractivity contribution in [1.82, 2.24) is 4.98 Å². The molecular weight excluding hydrogens is 364 g/mol. The predicted octanol–water partition coefficient (Wildman–Crippen LogP) is 3.21. The lowest BCUT2D eigenvalue weighted by molar-refractivity contribution is -0.118. The van der Waals surface area contributed by atoms with E-state index in [1.165, 1.54) is 0 Å². The molecule has 0 spiro atoms. The number of carbonyl (C=O) groups excluding carboxylic acids is 1. The third kappa shape index (κ3) is 2.65. The standard InChI is InChI=1S/C24H22N2O3/c1-29-21-7-3-2-6-20(21)24(28,18-5-4-11-25-15-18)19-13-16-8-9-22(27)26-12-10-17(14-19)23(16)26/h2-7,11,13-15,28H,8-10,12H2,1H3. The van der Waals surface area contributed by atoms with Gasteiger partial charge in [-0.2, -0.15) is 0 Å². The minimum atomic E-state index is -1.42. The van der Waals surface area contributed by atoms with Crippen LogP contribution in [-0.4, -0.2) is 29.7 Å². The molecule has 1 amide bonds. The fraction of sp³-hybridized carbons (Fsp3) is 0.250. The Morgan fingerprint density at radius 2 is 1.83 bits per heavy atom. The molecular formula is C24H22N2O3. The minimum absolute atomic E-state index is 0.191. The summed E-state index contributed by atoms with van der Waals surface area (Å²) in [7, 11) is 1.61. The van der Waals surface area contributed by atoms with E-state index in [0.29, 0.717) is 36.3 Å². The molecule has 5 nitrogen and oxygen atoms in total. The molecule has 2 aliphatic rings. The third-order valence-electron chi connectivity index (χ3n) is 6.05. The number of rotatable bonds is 4. The molecule has 5 heteroatoms. The highest BCUT2D eigenvalue weighted by Crippen LogP contribution is 2.45. The first-order chi connectivity index (χ1) is 14.1. The van der Waals surface area contributed by atoms with E-state index in [2.05, 4.69) is 4.98 Å². The van der Waals surface area contributed by atoms with Gasteiger partial charge in [-0.1, -0.05) is 36.4 Å². The summed E-state index contributed by atoms with van der Waals surface area (Å²) in [6.45, 7) is 0.713. The summed E-state index contributed by atoms with van der Waals surface area (Å²) < 4.78 is 5.59. The van der Waals surface area contributed by atoms with Gasteiger partial charge in [0.25, 0.3) is 0 Å². The zero-order chi connectivity index (χ0) is 20.0. The number of aromatic nitrogens is 1. The molecule has 0 bridgehead atoms. The number of amides is 1. The number of carbonyl (C=O) groups is 1. The lowest BCUT2D eigenvalue weighted by atomic mass is 9.78. The third-order valence-corrected chi connectivity index (χ3v) is 6.05. The van der Waals surface area contributed by atoms with Crippen LogP contribution in [0.25, 0.3) is 0 Å². The van der Waals surface area contributed by atoms with Crippen LogP contribution in [0.1, 0.15) is 34.2 Å². The number of hydrogen-bond donors (Lipinski definition) is 1. The van der Waals surface area contributed by atoms with Crippen molar-refractivity contribution in [3.8, 4) is 5.75 Å². The highest BCUT2D eigenvalue weighted by Gasteiger charge is 2.40. The summed E-state index contributed by atoms with van der Waals surface area (Å²) in [6.07, 6.45) is 5.40. The Morgan fingerprint density at radius 1 is 1.03 bits per heavy atom. The number of pyridine rings is 1. The fourth-order valence-electron chi connectivity index (χ4n) is 4.66. The number of aliphatic hydroxyl groups is 1. The Kier molecular flexibility index (Phi) is 4.14. The van der Waals surface area contributed by atoms with E-state index in [9.17, 15) is 9.90 Å². The Balaban J connectivity index is 1.77. The zero-order valence-corrected chi connectivity index (χ0v) is 16.3. The van der Waals surface area contributed by atoms with Crippen LogP contribution in [0, 0.1) is 0 Å². The van der Waals surface area contributed by atoms with Crippen molar-refractivity contribution in [2.24, 2.45) is 0 Å². The van der Waals surface area contributed by atoms with Crippen molar-refractivity contribution in [1.29, 1.82) is 0 Å². The number of anilines is 1. The lowest BCUT2D eigenvalue weighted by Crippen LogP contribution is -2.34. The first kappa shape index (κ1) is 17.9. The van der Waals surface area contributed by atoms with Crippen LogP contribution in [0.3, 0.4) is 0 Å². The molecule has 146 valence electrons. The molecule has 3 aromatic rings. The second kappa shape index (κ2) is 6.71. The van der Waals surface area contributed by atoms with Gasteiger partial charge in [0.05, 0.1) is 12.8 Å². The molecule has 1 unspecified atom stereocenters. The number of aryl methyl sites for hydroxylation is 1. The van der Waals surface area contributed by atoms with Crippen molar-refractivity contribution >= 4 is 11.6 Å². The highest BCUT2D eigenvalue weighted by atomic mass is 16.5. The van der Waals surface area contributed by atoms with Gasteiger partial charge in [-0.25, -0.2) is 0 Å². The number of benzene rings is 2. The molecule has 5 rings (SSSR count). The average Bonchev–Trinajstić information content (AvgIpc) is 3.21. The average molecular weight is 386 g/mol. The monoisotopic (exact) mass is 386 g/mol. The van der Waals surface area contributed by atoms with Crippen LogP contribution in [0.2, 0.25) is 0 Å². The molecule has 0 saturated carbocycles. The molecule has 1 N–H and O–H groups in total. The van der Waals surface area contributed by atoms with Crippen LogP contribution in [0.15, 0.2) is 60.9 Å². The molecule has 1 atom stereocenters. The Hall–Kier alpha value is -3.18. The summed E-state index contributed by atoms with van der Waals surface area (Å²) in [5, 5.41) is 12.2. The maximum absolute atomic E-state index is 12.3. The maximum Gasteiger partial charge on any atom is 0.227 e. The summed E-state index contributed by atoms with van der Waals surface area (Å²) >= 11 is 0. The zero-order valence-electron chi connectivity index (χ0n) is 16.3. The molecule has 2 aromatic carbocycles. The van der Waals surface area contributed by atoms with Gasteiger partial charge in [0.15, 0.2) is 0 Å². The molecule has 1 aromatic heterocycles. The van der Waals surface area contributed by atoms with Crippen LogP contribution >= 0.6 is 0 Å². The Labute approximate surface area is 169 Å². The van der Waals surface area contributed by atoms with Gasteiger partial charge in [-0.15, -0.1) is 0 Å². The molecule has 29 heavy (non-hydrogen) atoms. The van der Waals surface area contributed by atoms with E-state index in [4.69, 9.17) is 4.74 Å². The second-order valence-electron chi connectivity index (χ2n) is 7.59. The lowest BCUT2D eigenvalue weighted by Gasteiger charge is -2.33. The van der Waals surface area contributed by atoms with Gasteiger partial charge >= 0.3 is 0 Å². The molecule has 0 saturated heterocycles. The first-order valence-electron chi connectivity index (χ1n) is 9.86. The number of nitrogens with zero attached hydrogens (tertiary/aromatic N) is 2. The Morgan fingerprint density at radius 3 is 2.59 bits per heavy atom. The first-order valence-corrected chi connectivity index (χ1v) is 9.86. The highest BCUT2D eigenvalue weighted by molar-refractivity contribution is 5.98. The largest absolute Gasteiger partial charge is 0.496 e. The van der Waals surface area contributed by atoms with E-state index >= 15 is 0 Å². The number of hydrogen-bond acceptors (Lipinski definition) is 4. The molecule has 0 aliphatic carbocycles. The minimum Gasteiger partial charge on any atom is -0.496 e. The number of para-hydroxylation sites is 1. The molecule has 0 fully saturated rings. The maximum atomic E-state index is 12.3.